The van der Waals surface area contributed by atoms with E-state index in [-0.39, 0.29) is 5.15 Å². The van der Waals surface area contributed by atoms with Crippen LogP contribution in [0.25, 0.3) is 10.1 Å². The SMILES string of the molecule is COC(=O)c1cc2cnc(Cl)c(F)c2s1. The van der Waals surface area contributed by atoms with Crippen molar-refractivity contribution < 1.29 is 13.9 Å². The number of aromatic nitrogens is 1. The second kappa shape index (κ2) is 3.75. The third-order valence-electron chi connectivity index (χ3n) is 1.84. The maximum absolute atomic E-state index is 13.4. The highest BCUT2D eigenvalue weighted by Gasteiger charge is 2.15. The number of nitrogens with zero attached hydrogens (tertiary/aromatic N) is 1. The van der Waals surface area contributed by atoms with Gasteiger partial charge in [-0.15, -0.1) is 11.3 Å². The van der Waals surface area contributed by atoms with E-state index >= 15 is 0 Å². The lowest BCUT2D eigenvalue weighted by Crippen LogP contribution is -1.96. The lowest BCUT2D eigenvalue weighted by Gasteiger charge is -1.92. The molecule has 2 aromatic heterocycles. The van der Waals surface area contributed by atoms with E-state index in [0.29, 0.717) is 15.0 Å². The topological polar surface area (TPSA) is 39.2 Å². The first kappa shape index (κ1) is 10.3. The number of ether oxygens (including phenoxy) is 1. The fourth-order valence-corrected chi connectivity index (χ4v) is 2.34. The number of rotatable bonds is 1. The number of esters is 1. The average molecular weight is 246 g/mol. The standard InChI is InChI=1S/C9H5ClFNO2S/c1-14-9(13)5-2-4-3-12-8(10)6(11)7(4)15-5/h2-3H,1H3. The number of carbonyl (C=O) groups excluding carboxylic acids is 1. The highest BCUT2D eigenvalue weighted by Crippen LogP contribution is 2.30. The number of carbonyl (C=O) groups is 1. The Morgan fingerprint density at radius 2 is 2.40 bits per heavy atom. The van der Waals surface area contributed by atoms with Crippen molar-refractivity contribution in [3.63, 3.8) is 0 Å². The van der Waals surface area contributed by atoms with Crippen LogP contribution >= 0.6 is 22.9 Å². The fraction of sp³-hybridized carbons (Fsp3) is 0.111. The Balaban J connectivity index is 2.66. The molecule has 0 fully saturated rings. The van der Waals surface area contributed by atoms with Crippen LogP contribution in [0.1, 0.15) is 9.67 Å². The summed E-state index contributed by atoms with van der Waals surface area (Å²) in [4.78, 5) is 15.2. The lowest BCUT2D eigenvalue weighted by molar-refractivity contribution is 0.0606. The molecule has 0 radical (unpaired) electrons. The molecular formula is C9H5ClFNO2S. The molecule has 2 rings (SSSR count). The van der Waals surface area contributed by atoms with Crippen molar-refractivity contribution in [3.05, 3.63) is 28.1 Å². The van der Waals surface area contributed by atoms with Gasteiger partial charge < -0.3 is 4.74 Å². The zero-order valence-electron chi connectivity index (χ0n) is 7.58. The Kier molecular flexibility index (Phi) is 2.58. The smallest absolute Gasteiger partial charge is 0.348 e. The van der Waals surface area contributed by atoms with E-state index in [1.807, 2.05) is 0 Å². The van der Waals surface area contributed by atoms with Gasteiger partial charge in [-0.1, -0.05) is 11.6 Å². The molecule has 3 nitrogen and oxygen atoms in total. The van der Waals surface area contributed by atoms with Crippen molar-refractivity contribution in [1.82, 2.24) is 4.98 Å². The molecule has 0 atom stereocenters. The molecule has 0 aliphatic heterocycles. The molecule has 0 aromatic carbocycles. The molecule has 0 N–H and O–H groups in total. The summed E-state index contributed by atoms with van der Waals surface area (Å²) in [6.45, 7) is 0. The molecule has 0 saturated carbocycles. The van der Waals surface area contributed by atoms with Gasteiger partial charge in [-0.2, -0.15) is 0 Å². The molecule has 0 spiro atoms. The van der Waals surface area contributed by atoms with E-state index in [4.69, 9.17) is 11.6 Å². The maximum Gasteiger partial charge on any atom is 0.348 e. The van der Waals surface area contributed by atoms with E-state index in [2.05, 4.69) is 9.72 Å². The first-order valence-corrected chi connectivity index (χ1v) is 5.15. The molecule has 0 aliphatic rings. The number of pyridine rings is 1. The second-order valence-corrected chi connectivity index (χ2v) is 4.16. The van der Waals surface area contributed by atoms with Crippen LogP contribution in [-0.4, -0.2) is 18.1 Å². The van der Waals surface area contributed by atoms with Crippen LogP contribution in [0.5, 0.6) is 0 Å². The molecule has 0 saturated heterocycles. The predicted octanol–water partition coefficient (Wildman–Crippen LogP) is 2.88. The molecule has 6 heteroatoms. The minimum atomic E-state index is -0.602. The molecule has 2 aromatic rings. The Morgan fingerprint density at radius 3 is 3.07 bits per heavy atom. The first-order valence-electron chi connectivity index (χ1n) is 3.95. The van der Waals surface area contributed by atoms with Gasteiger partial charge in [-0.25, -0.2) is 14.2 Å². The van der Waals surface area contributed by atoms with Crippen molar-refractivity contribution in [2.75, 3.05) is 7.11 Å². The summed E-state index contributed by atoms with van der Waals surface area (Å²) in [6, 6.07) is 1.53. The third kappa shape index (κ3) is 1.68. The first-order chi connectivity index (χ1) is 7.13. The Labute approximate surface area is 93.4 Å². The van der Waals surface area contributed by atoms with Crippen molar-refractivity contribution >= 4 is 39.0 Å². The number of hydrogen-bond donors (Lipinski definition) is 0. The van der Waals surface area contributed by atoms with Crippen LogP contribution in [0.15, 0.2) is 12.3 Å². The zero-order valence-corrected chi connectivity index (χ0v) is 9.16. The van der Waals surface area contributed by atoms with Crippen LogP contribution in [0.4, 0.5) is 4.39 Å². The normalized spacial score (nSPS) is 10.6. The van der Waals surface area contributed by atoms with E-state index in [9.17, 15) is 9.18 Å². The van der Waals surface area contributed by atoms with Crippen LogP contribution in [0, 0.1) is 5.82 Å². The molecule has 0 unspecified atom stereocenters. The van der Waals surface area contributed by atoms with Gasteiger partial charge in [-0.3, -0.25) is 0 Å². The Bertz CT molecular complexity index is 540. The maximum atomic E-state index is 13.4. The number of hydrogen-bond acceptors (Lipinski definition) is 4. The summed E-state index contributed by atoms with van der Waals surface area (Å²) in [5.74, 6) is -1.10. The van der Waals surface area contributed by atoms with Crippen LogP contribution < -0.4 is 0 Å². The molecule has 0 bridgehead atoms. The zero-order chi connectivity index (χ0) is 11.0. The quantitative estimate of drug-likeness (QED) is 0.573. The number of fused-ring (bicyclic) bond motifs is 1. The monoisotopic (exact) mass is 245 g/mol. The van der Waals surface area contributed by atoms with Gasteiger partial charge in [0.15, 0.2) is 11.0 Å². The van der Waals surface area contributed by atoms with Crippen molar-refractivity contribution in [2.24, 2.45) is 0 Å². The summed E-state index contributed by atoms with van der Waals surface area (Å²) in [6.07, 6.45) is 1.42. The van der Waals surface area contributed by atoms with Gasteiger partial charge in [0.05, 0.1) is 11.8 Å². The molecular weight excluding hydrogens is 241 g/mol. The molecule has 2 heterocycles. The van der Waals surface area contributed by atoms with Gasteiger partial charge in [0.2, 0.25) is 0 Å². The van der Waals surface area contributed by atoms with Gasteiger partial charge in [0.25, 0.3) is 0 Å². The van der Waals surface area contributed by atoms with E-state index < -0.39 is 11.8 Å². The summed E-state index contributed by atoms with van der Waals surface area (Å²) in [5.41, 5.74) is 0. The highest BCUT2D eigenvalue weighted by molar-refractivity contribution is 7.20. The average Bonchev–Trinajstić information content (AvgIpc) is 2.67. The summed E-state index contributed by atoms with van der Waals surface area (Å²) in [5, 5.41) is 0.350. The summed E-state index contributed by atoms with van der Waals surface area (Å²) >= 11 is 6.51. The lowest BCUT2D eigenvalue weighted by atomic mass is 10.3. The number of methoxy groups -OCH3 is 1. The Hall–Kier alpha value is -1.20. The minimum absolute atomic E-state index is 0.194. The van der Waals surface area contributed by atoms with Gasteiger partial charge in [0.1, 0.15) is 4.88 Å². The van der Waals surface area contributed by atoms with Gasteiger partial charge in [-0.05, 0) is 6.07 Å². The van der Waals surface area contributed by atoms with Crippen molar-refractivity contribution in [1.29, 1.82) is 0 Å². The summed E-state index contributed by atoms with van der Waals surface area (Å²) in [7, 11) is 1.27. The number of thiophene rings is 1. The molecule has 15 heavy (non-hydrogen) atoms. The molecule has 78 valence electrons. The van der Waals surface area contributed by atoms with Crippen molar-refractivity contribution in [3.8, 4) is 0 Å². The Morgan fingerprint density at radius 1 is 1.67 bits per heavy atom. The predicted molar refractivity (Wildman–Crippen MR) is 55.9 cm³/mol. The number of halogens is 2. The molecule has 0 amide bonds. The largest absolute Gasteiger partial charge is 0.465 e. The second-order valence-electron chi connectivity index (χ2n) is 2.75. The van der Waals surface area contributed by atoms with Crippen LogP contribution in [0.2, 0.25) is 5.15 Å². The van der Waals surface area contributed by atoms with E-state index in [0.717, 1.165) is 11.3 Å². The minimum Gasteiger partial charge on any atom is -0.465 e. The van der Waals surface area contributed by atoms with Crippen LogP contribution in [-0.2, 0) is 4.74 Å². The van der Waals surface area contributed by atoms with E-state index in [1.54, 1.807) is 0 Å². The van der Waals surface area contributed by atoms with Crippen LogP contribution in [0.3, 0.4) is 0 Å². The van der Waals surface area contributed by atoms with Crippen molar-refractivity contribution in [2.45, 2.75) is 0 Å². The molecule has 0 aliphatic carbocycles. The van der Waals surface area contributed by atoms with E-state index in [1.165, 1.54) is 19.4 Å². The van der Waals surface area contributed by atoms with Gasteiger partial charge >= 0.3 is 5.97 Å². The summed E-state index contributed by atoms with van der Waals surface area (Å²) < 4.78 is 18.3. The third-order valence-corrected chi connectivity index (χ3v) is 3.23. The highest BCUT2D eigenvalue weighted by atomic mass is 35.5. The fourth-order valence-electron chi connectivity index (χ4n) is 1.15. The van der Waals surface area contributed by atoms with Gasteiger partial charge in [0, 0.05) is 11.6 Å².